The van der Waals surface area contributed by atoms with Crippen LogP contribution in [0.3, 0.4) is 0 Å². The fraction of sp³-hybridized carbons (Fsp3) is 0.0588. The zero-order valence-corrected chi connectivity index (χ0v) is 13.3. The Bertz CT molecular complexity index is 805. The summed E-state index contributed by atoms with van der Waals surface area (Å²) in [4.78, 5) is 12.9. The van der Waals surface area contributed by atoms with Gasteiger partial charge < -0.3 is 9.30 Å². The second-order valence-corrected chi connectivity index (χ2v) is 5.61. The molecule has 0 saturated carbocycles. The summed E-state index contributed by atoms with van der Waals surface area (Å²) >= 11 is 1.38. The summed E-state index contributed by atoms with van der Waals surface area (Å²) in [6, 6.07) is 13.2. The number of nitrogens with zero attached hydrogens (tertiary/aromatic N) is 2. The monoisotopic (exact) mass is 325 g/mol. The first-order valence-electron chi connectivity index (χ1n) is 6.96. The smallest absolute Gasteiger partial charge is 0.283 e. The van der Waals surface area contributed by atoms with Gasteiger partial charge in [0.05, 0.1) is 19.0 Å². The number of hydrazone groups is 1. The molecule has 1 aromatic carbocycles. The number of thiophene rings is 1. The van der Waals surface area contributed by atoms with Gasteiger partial charge in [-0.2, -0.15) is 5.10 Å². The largest absolute Gasteiger partial charge is 0.497 e. The second kappa shape index (κ2) is 6.93. The Kier molecular flexibility index (Phi) is 4.54. The van der Waals surface area contributed by atoms with Crippen LogP contribution in [0.4, 0.5) is 0 Å². The van der Waals surface area contributed by atoms with Crippen LogP contribution < -0.4 is 10.2 Å². The second-order valence-electron chi connectivity index (χ2n) is 4.70. The number of hydrogen-bond acceptors (Lipinski definition) is 4. The van der Waals surface area contributed by atoms with Gasteiger partial charge in [0, 0.05) is 12.4 Å². The van der Waals surface area contributed by atoms with Crippen LogP contribution in [0.5, 0.6) is 5.75 Å². The van der Waals surface area contributed by atoms with Crippen LogP contribution in [0, 0.1) is 0 Å². The van der Waals surface area contributed by atoms with Crippen molar-refractivity contribution in [1.82, 2.24) is 9.99 Å². The Morgan fingerprint density at radius 2 is 1.96 bits per heavy atom. The third-order valence-corrected chi connectivity index (χ3v) is 4.13. The Balaban J connectivity index is 1.68. The lowest BCUT2D eigenvalue weighted by Gasteiger charge is -2.03. The first kappa shape index (κ1) is 15.1. The lowest BCUT2D eigenvalue weighted by atomic mass is 10.2. The summed E-state index contributed by atoms with van der Waals surface area (Å²) in [6.45, 7) is 0. The van der Waals surface area contributed by atoms with Gasteiger partial charge in [0.15, 0.2) is 0 Å². The molecule has 0 aliphatic carbocycles. The molecule has 116 valence electrons. The molecule has 0 fully saturated rings. The van der Waals surface area contributed by atoms with Crippen molar-refractivity contribution in [3.8, 4) is 11.4 Å². The predicted octanol–water partition coefficient (Wildman–Crippen LogP) is 3.31. The predicted molar refractivity (Wildman–Crippen MR) is 91.7 cm³/mol. The van der Waals surface area contributed by atoms with Crippen molar-refractivity contribution in [3.63, 3.8) is 0 Å². The minimum absolute atomic E-state index is 0.228. The van der Waals surface area contributed by atoms with Crippen LogP contribution in [0.25, 0.3) is 5.69 Å². The van der Waals surface area contributed by atoms with Crippen molar-refractivity contribution in [2.45, 2.75) is 0 Å². The molecule has 1 N–H and O–H groups in total. The van der Waals surface area contributed by atoms with Crippen molar-refractivity contribution in [3.05, 3.63) is 70.7 Å². The molecular weight excluding hydrogens is 310 g/mol. The molecule has 0 atom stereocenters. The number of benzene rings is 1. The van der Waals surface area contributed by atoms with Crippen molar-refractivity contribution in [1.29, 1.82) is 0 Å². The van der Waals surface area contributed by atoms with Crippen LogP contribution in [0.1, 0.15) is 15.2 Å². The van der Waals surface area contributed by atoms with Crippen LogP contribution in [0.15, 0.2) is 65.3 Å². The van der Waals surface area contributed by atoms with Gasteiger partial charge >= 0.3 is 0 Å². The molecule has 0 aliphatic heterocycles. The SMILES string of the molecule is COc1ccc(C=NNC(=O)c2sccc2-n2cccc2)cc1. The van der Waals surface area contributed by atoms with E-state index >= 15 is 0 Å². The van der Waals surface area contributed by atoms with Crippen molar-refractivity contribution in [2.24, 2.45) is 5.10 Å². The van der Waals surface area contributed by atoms with Gasteiger partial charge in [0.2, 0.25) is 0 Å². The van der Waals surface area contributed by atoms with E-state index in [-0.39, 0.29) is 5.91 Å². The number of ether oxygens (including phenoxy) is 1. The van der Waals surface area contributed by atoms with E-state index in [1.54, 1.807) is 13.3 Å². The molecule has 23 heavy (non-hydrogen) atoms. The molecule has 2 aromatic heterocycles. The fourth-order valence-corrected chi connectivity index (χ4v) is 2.86. The number of amides is 1. The number of carbonyl (C=O) groups is 1. The topological polar surface area (TPSA) is 55.6 Å². The normalized spacial score (nSPS) is 10.8. The Labute approximate surface area is 137 Å². The molecule has 3 rings (SSSR count). The van der Waals surface area contributed by atoms with Crippen LogP contribution in [0.2, 0.25) is 0 Å². The molecule has 2 heterocycles. The lowest BCUT2D eigenvalue weighted by Crippen LogP contribution is -2.17. The summed E-state index contributed by atoms with van der Waals surface area (Å²) in [6.07, 6.45) is 5.40. The maximum atomic E-state index is 12.3. The van der Waals surface area contributed by atoms with E-state index in [1.807, 2.05) is 64.8 Å². The van der Waals surface area contributed by atoms with Crippen LogP contribution in [-0.4, -0.2) is 23.8 Å². The molecule has 0 radical (unpaired) electrons. The summed E-state index contributed by atoms with van der Waals surface area (Å²) in [5.41, 5.74) is 4.28. The van der Waals surface area contributed by atoms with Gasteiger partial charge in [-0.3, -0.25) is 4.79 Å². The summed E-state index contributed by atoms with van der Waals surface area (Å²) < 4.78 is 7.00. The van der Waals surface area contributed by atoms with Crippen molar-refractivity contribution < 1.29 is 9.53 Å². The minimum atomic E-state index is -0.228. The molecule has 0 bridgehead atoms. The van der Waals surface area contributed by atoms with E-state index < -0.39 is 0 Å². The summed E-state index contributed by atoms with van der Waals surface area (Å²) in [5, 5.41) is 5.89. The zero-order chi connectivity index (χ0) is 16.1. The highest BCUT2D eigenvalue weighted by molar-refractivity contribution is 7.12. The highest BCUT2D eigenvalue weighted by atomic mass is 32.1. The average Bonchev–Trinajstić information content (AvgIpc) is 3.26. The number of nitrogens with one attached hydrogen (secondary N) is 1. The Morgan fingerprint density at radius 1 is 1.22 bits per heavy atom. The zero-order valence-electron chi connectivity index (χ0n) is 12.5. The van der Waals surface area contributed by atoms with E-state index in [9.17, 15) is 4.79 Å². The van der Waals surface area contributed by atoms with E-state index in [0.717, 1.165) is 17.0 Å². The molecule has 0 aliphatic rings. The van der Waals surface area contributed by atoms with Crippen molar-refractivity contribution in [2.75, 3.05) is 7.11 Å². The summed E-state index contributed by atoms with van der Waals surface area (Å²) in [7, 11) is 1.62. The van der Waals surface area contributed by atoms with Crippen LogP contribution in [-0.2, 0) is 0 Å². The molecule has 0 unspecified atom stereocenters. The van der Waals surface area contributed by atoms with E-state index in [4.69, 9.17) is 4.74 Å². The molecule has 5 nitrogen and oxygen atoms in total. The van der Waals surface area contributed by atoms with Crippen LogP contribution >= 0.6 is 11.3 Å². The maximum Gasteiger partial charge on any atom is 0.283 e. The van der Waals surface area contributed by atoms with Gasteiger partial charge in [-0.15, -0.1) is 11.3 Å². The maximum absolute atomic E-state index is 12.3. The third-order valence-electron chi connectivity index (χ3n) is 3.23. The lowest BCUT2D eigenvalue weighted by molar-refractivity contribution is 0.0959. The summed E-state index contributed by atoms with van der Waals surface area (Å²) in [5.74, 6) is 0.551. The number of methoxy groups -OCH3 is 1. The van der Waals surface area contributed by atoms with E-state index in [2.05, 4.69) is 10.5 Å². The average molecular weight is 325 g/mol. The minimum Gasteiger partial charge on any atom is -0.497 e. The van der Waals surface area contributed by atoms with Gasteiger partial charge in [0.1, 0.15) is 10.6 Å². The Morgan fingerprint density at radius 3 is 2.65 bits per heavy atom. The third kappa shape index (κ3) is 3.49. The quantitative estimate of drug-likeness (QED) is 0.578. The number of hydrogen-bond donors (Lipinski definition) is 1. The van der Waals surface area contributed by atoms with Gasteiger partial charge in [-0.1, -0.05) is 0 Å². The highest BCUT2D eigenvalue weighted by Crippen LogP contribution is 2.21. The number of aromatic nitrogens is 1. The molecular formula is C17H15N3O2S. The highest BCUT2D eigenvalue weighted by Gasteiger charge is 2.13. The van der Waals surface area contributed by atoms with E-state index in [0.29, 0.717) is 4.88 Å². The Hall–Kier alpha value is -2.86. The number of carbonyl (C=O) groups excluding carboxylic acids is 1. The molecule has 0 spiro atoms. The van der Waals surface area contributed by atoms with Crippen molar-refractivity contribution >= 4 is 23.5 Å². The van der Waals surface area contributed by atoms with E-state index in [1.165, 1.54) is 11.3 Å². The first-order valence-corrected chi connectivity index (χ1v) is 7.84. The first-order chi connectivity index (χ1) is 11.3. The number of rotatable bonds is 5. The standard InChI is InChI=1S/C17H15N3O2S/c1-22-14-6-4-13(5-7-14)12-18-19-17(21)16-15(8-11-23-16)20-9-2-3-10-20/h2-12H,1H3,(H,19,21). The molecule has 0 saturated heterocycles. The molecule has 3 aromatic rings. The fourth-order valence-electron chi connectivity index (χ4n) is 2.08. The van der Waals surface area contributed by atoms with Gasteiger partial charge in [-0.25, -0.2) is 5.43 Å². The molecule has 1 amide bonds. The van der Waals surface area contributed by atoms with Gasteiger partial charge in [0.25, 0.3) is 5.91 Å². The van der Waals surface area contributed by atoms with Gasteiger partial charge in [-0.05, 0) is 53.4 Å². The molecule has 6 heteroatoms.